The van der Waals surface area contributed by atoms with E-state index >= 15 is 0 Å². The Morgan fingerprint density at radius 2 is 2.12 bits per heavy atom. The van der Waals surface area contributed by atoms with E-state index in [4.69, 9.17) is 10.5 Å². The highest BCUT2D eigenvalue weighted by Gasteiger charge is 2.30. The molecule has 1 aromatic rings. The van der Waals surface area contributed by atoms with Gasteiger partial charge in [0, 0.05) is 0 Å². The van der Waals surface area contributed by atoms with E-state index < -0.39 is 11.4 Å². The Bertz CT molecular complexity index is 393. The van der Waals surface area contributed by atoms with Crippen LogP contribution in [0.4, 0.5) is 0 Å². The molecule has 4 nitrogen and oxygen atoms in total. The molecule has 94 valence electrons. The molecule has 1 amide bonds. The van der Waals surface area contributed by atoms with E-state index in [1.807, 2.05) is 24.3 Å². The van der Waals surface area contributed by atoms with Crippen molar-refractivity contribution < 1.29 is 9.53 Å². The fourth-order valence-electron chi connectivity index (χ4n) is 1.43. The van der Waals surface area contributed by atoms with Crippen LogP contribution in [0.15, 0.2) is 24.3 Å². The third kappa shape index (κ3) is 3.20. The molecule has 0 saturated heterocycles. The topological polar surface area (TPSA) is 64.3 Å². The summed E-state index contributed by atoms with van der Waals surface area (Å²) in [4.78, 5) is 11.3. The summed E-state index contributed by atoms with van der Waals surface area (Å²) in [5, 5.41) is 2.89. The van der Waals surface area contributed by atoms with Gasteiger partial charge in [0.25, 0.3) is 0 Å². The van der Waals surface area contributed by atoms with E-state index in [-0.39, 0.29) is 6.61 Å². The number of aryl methyl sites for hydroxylation is 1. The summed E-state index contributed by atoms with van der Waals surface area (Å²) in [5.41, 5.74) is 5.61. The van der Waals surface area contributed by atoms with Crippen molar-refractivity contribution in [3.63, 3.8) is 0 Å². The van der Waals surface area contributed by atoms with Gasteiger partial charge in [0.05, 0.1) is 0 Å². The van der Waals surface area contributed by atoms with Gasteiger partial charge in [-0.25, -0.2) is 0 Å². The molecule has 0 saturated carbocycles. The lowest BCUT2D eigenvalue weighted by Gasteiger charge is -2.25. The number of para-hydroxylation sites is 1. The van der Waals surface area contributed by atoms with Gasteiger partial charge in [0.15, 0.2) is 0 Å². The maximum absolute atomic E-state index is 11.3. The molecular weight excluding hydrogens is 216 g/mol. The van der Waals surface area contributed by atoms with Crippen molar-refractivity contribution in [1.82, 2.24) is 5.32 Å². The van der Waals surface area contributed by atoms with Crippen LogP contribution < -0.4 is 15.8 Å². The third-order valence-electron chi connectivity index (χ3n) is 2.97. The molecule has 0 spiro atoms. The first-order valence-electron chi connectivity index (χ1n) is 5.73. The van der Waals surface area contributed by atoms with Crippen molar-refractivity contribution in [2.24, 2.45) is 5.73 Å². The smallest absolute Gasteiger partial charge is 0.240 e. The van der Waals surface area contributed by atoms with E-state index in [2.05, 4.69) is 12.2 Å². The zero-order chi connectivity index (χ0) is 12.9. The second kappa shape index (κ2) is 5.68. The number of hydrogen-bond donors (Lipinski definition) is 2. The summed E-state index contributed by atoms with van der Waals surface area (Å²) in [6.07, 6.45) is 0.892. The third-order valence-corrected chi connectivity index (χ3v) is 2.97. The number of ether oxygens (including phenoxy) is 1. The lowest BCUT2D eigenvalue weighted by molar-refractivity contribution is -0.124. The molecule has 1 unspecified atom stereocenters. The number of amides is 1. The van der Waals surface area contributed by atoms with Gasteiger partial charge in [-0.05, 0) is 32.0 Å². The fraction of sp³-hybridized carbons (Fsp3) is 0.462. The number of carbonyl (C=O) groups is 1. The molecule has 0 aliphatic carbocycles. The zero-order valence-electron chi connectivity index (χ0n) is 10.6. The van der Waals surface area contributed by atoms with Crippen LogP contribution in [-0.2, 0) is 11.2 Å². The lowest BCUT2D eigenvalue weighted by atomic mass is 10.0. The molecule has 0 aliphatic rings. The Morgan fingerprint density at radius 3 is 2.65 bits per heavy atom. The highest BCUT2D eigenvalue weighted by atomic mass is 16.5. The summed E-state index contributed by atoms with van der Waals surface area (Å²) < 4.78 is 5.68. The second-order valence-corrected chi connectivity index (χ2v) is 4.20. The molecule has 4 heteroatoms. The molecule has 1 aromatic carbocycles. The lowest BCUT2D eigenvalue weighted by Crippen LogP contribution is -2.55. The first kappa shape index (κ1) is 13.5. The predicted octanol–water partition coefficient (Wildman–Crippen LogP) is 1.09. The van der Waals surface area contributed by atoms with Crippen LogP contribution in [0.5, 0.6) is 5.75 Å². The van der Waals surface area contributed by atoms with E-state index in [0.29, 0.717) is 0 Å². The van der Waals surface area contributed by atoms with Crippen molar-refractivity contribution in [2.45, 2.75) is 25.8 Å². The van der Waals surface area contributed by atoms with Crippen molar-refractivity contribution in [1.29, 1.82) is 0 Å². The number of nitrogens with one attached hydrogen (secondary N) is 1. The highest BCUT2D eigenvalue weighted by molar-refractivity contribution is 5.84. The first-order valence-corrected chi connectivity index (χ1v) is 5.73. The minimum Gasteiger partial charge on any atom is -0.491 e. The molecule has 1 rings (SSSR count). The SMILES string of the molecule is CCc1ccccc1OCC(C)(NC)C(N)=O. The van der Waals surface area contributed by atoms with Gasteiger partial charge in [-0.1, -0.05) is 25.1 Å². The molecule has 0 aromatic heterocycles. The van der Waals surface area contributed by atoms with Crippen LogP contribution in [0.2, 0.25) is 0 Å². The van der Waals surface area contributed by atoms with E-state index in [1.165, 1.54) is 0 Å². The molecule has 0 aliphatic heterocycles. The minimum atomic E-state index is -0.846. The standard InChI is InChI=1S/C13H20N2O2/c1-4-10-7-5-6-8-11(10)17-9-13(2,15-3)12(14)16/h5-8,15H,4,9H2,1-3H3,(H2,14,16). The van der Waals surface area contributed by atoms with Crippen LogP contribution in [0.3, 0.4) is 0 Å². The molecule has 1 atom stereocenters. The number of carbonyl (C=O) groups excluding carboxylic acids is 1. The Hall–Kier alpha value is -1.55. The molecule has 0 fully saturated rings. The van der Waals surface area contributed by atoms with E-state index in [0.717, 1.165) is 17.7 Å². The number of primary amides is 1. The van der Waals surface area contributed by atoms with Gasteiger partial charge in [0.1, 0.15) is 17.9 Å². The minimum absolute atomic E-state index is 0.218. The van der Waals surface area contributed by atoms with Gasteiger partial charge in [0.2, 0.25) is 5.91 Å². The molecule has 0 bridgehead atoms. The van der Waals surface area contributed by atoms with Gasteiger partial charge in [-0.15, -0.1) is 0 Å². The molecule has 17 heavy (non-hydrogen) atoms. The molecule has 3 N–H and O–H groups in total. The molecule has 0 heterocycles. The molecular formula is C13H20N2O2. The van der Waals surface area contributed by atoms with Crippen molar-refractivity contribution >= 4 is 5.91 Å². The number of likely N-dealkylation sites (N-methyl/N-ethyl adjacent to an activating group) is 1. The second-order valence-electron chi connectivity index (χ2n) is 4.20. The highest BCUT2D eigenvalue weighted by Crippen LogP contribution is 2.19. The van der Waals surface area contributed by atoms with Gasteiger partial charge < -0.3 is 15.8 Å². The maximum Gasteiger partial charge on any atom is 0.240 e. The Balaban J connectivity index is 2.76. The van der Waals surface area contributed by atoms with Gasteiger partial charge >= 0.3 is 0 Å². The van der Waals surface area contributed by atoms with Crippen LogP contribution in [0, 0.1) is 0 Å². The summed E-state index contributed by atoms with van der Waals surface area (Å²) in [5.74, 6) is 0.381. The van der Waals surface area contributed by atoms with Crippen LogP contribution in [0.1, 0.15) is 19.4 Å². The molecule has 0 radical (unpaired) electrons. The van der Waals surface area contributed by atoms with Crippen LogP contribution in [-0.4, -0.2) is 25.1 Å². The van der Waals surface area contributed by atoms with Crippen LogP contribution in [0.25, 0.3) is 0 Å². The maximum atomic E-state index is 11.3. The Kier molecular flexibility index (Phi) is 4.52. The number of benzene rings is 1. The summed E-state index contributed by atoms with van der Waals surface area (Å²) in [7, 11) is 1.69. The summed E-state index contributed by atoms with van der Waals surface area (Å²) in [6.45, 7) is 4.01. The zero-order valence-corrected chi connectivity index (χ0v) is 10.6. The van der Waals surface area contributed by atoms with Gasteiger partial charge in [-0.2, -0.15) is 0 Å². The Labute approximate surface area is 102 Å². The normalized spacial score (nSPS) is 14.1. The predicted molar refractivity (Wildman–Crippen MR) is 68.0 cm³/mol. The van der Waals surface area contributed by atoms with Crippen molar-refractivity contribution in [3.05, 3.63) is 29.8 Å². The number of nitrogens with two attached hydrogens (primary N) is 1. The first-order chi connectivity index (χ1) is 8.03. The average Bonchev–Trinajstić information content (AvgIpc) is 2.36. The quantitative estimate of drug-likeness (QED) is 0.777. The largest absolute Gasteiger partial charge is 0.491 e. The van der Waals surface area contributed by atoms with E-state index in [9.17, 15) is 4.79 Å². The average molecular weight is 236 g/mol. The number of rotatable bonds is 6. The number of hydrogen-bond acceptors (Lipinski definition) is 3. The summed E-state index contributed by atoms with van der Waals surface area (Å²) >= 11 is 0. The fourth-order valence-corrected chi connectivity index (χ4v) is 1.43. The van der Waals surface area contributed by atoms with Crippen molar-refractivity contribution in [3.8, 4) is 5.75 Å². The van der Waals surface area contributed by atoms with Gasteiger partial charge in [-0.3, -0.25) is 4.79 Å². The van der Waals surface area contributed by atoms with E-state index in [1.54, 1.807) is 14.0 Å². The summed E-state index contributed by atoms with van der Waals surface area (Å²) in [6, 6.07) is 7.79. The van der Waals surface area contributed by atoms with Crippen LogP contribution >= 0.6 is 0 Å². The Morgan fingerprint density at radius 1 is 1.47 bits per heavy atom. The van der Waals surface area contributed by atoms with Crippen molar-refractivity contribution in [2.75, 3.05) is 13.7 Å². The monoisotopic (exact) mass is 236 g/mol.